The van der Waals surface area contributed by atoms with Crippen LogP contribution in [0.25, 0.3) is 6.08 Å². The van der Waals surface area contributed by atoms with Crippen LogP contribution in [-0.2, 0) is 16.1 Å². The van der Waals surface area contributed by atoms with Gasteiger partial charge in [-0.25, -0.2) is 4.79 Å². The lowest BCUT2D eigenvalue weighted by Gasteiger charge is -2.02. The van der Waals surface area contributed by atoms with E-state index in [1.807, 2.05) is 0 Å². The van der Waals surface area contributed by atoms with Gasteiger partial charge in [-0.3, -0.25) is 10.1 Å². The van der Waals surface area contributed by atoms with Crippen LogP contribution in [0, 0.1) is 10.1 Å². The Morgan fingerprint density at radius 1 is 1.23 bits per heavy atom. The number of esters is 1. The van der Waals surface area contributed by atoms with E-state index >= 15 is 0 Å². The summed E-state index contributed by atoms with van der Waals surface area (Å²) in [7, 11) is 0. The summed E-state index contributed by atoms with van der Waals surface area (Å²) in [4.78, 5) is 21.8. The van der Waals surface area contributed by atoms with Gasteiger partial charge in [-0.15, -0.1) is 0 Å². The molecule has 0 aliphatic heterocycles. The number of nitro benzene ring substituents is 1. The molecule has 0 fully saturated rings. The summed E-state index contributed by atoms with van der Waals surface area (Å²) < 4.78 is 5.06. The number of hydrogen-bond donors (Lipinski definition) is 0. The first-order valence-electron chi connectivity index (χ1n) is 6.38. The molecule has 2 rings (SSSR count). The van der Waals surface area contributed by atoms with Gasteiger partial charge in [-0.05, 0) is 29.3 Å². The molecule has 0 spiro atoms. The first-order valence-corrected chi connectivity index (χ1v) is 6.76. The number of nitrogens with zero attached hydrogens (tertiary/aromatic N) is 1. The van der Waals surface area contributed by atoms with E-state index in [1.165, 1.54) is 24.3 Å². The van der Waals surface area contributed by atoms with Gasteiger partial charge in [-0.1, -0.05) is 35.9 Å². The zero-order valence-electron chi connectivity index (χ0n) is 11.4. The maximum absolute atomic E-state index is 11.6. The highest BCUT2D eigenvalue weighted by molar-refractivity contribution is 6.30. The van der Waals surface area contributed by atoms with Gasteiger partial charge < -0.3 is 4.74 Å². The number of halogens is 1. The van der Waals surface area contributed by atoms with Crippen LogP contribution in [0.1, 0.15) is 11.1 Å². The molecule has 2 aromatic carbocycles. The number of carbonyl (C=O) groups excluding carboxylic acids is 1. The second kappa shape index (κ2) is 7.38. The van der Waals surface area contributed by atoms with Crippen LogP contribution in [0.15, 0.2) is 54.6 Å². The van der Waals surface area contributed by atoms with E-state index in [0.717, 1.165) is 5.56 Å². The third-order valence-electron chi connectivity index (χ3n) is 2.79. The van der Waals surface area contributed by atoms with Crippen LogP contribution >= 0.6 is 11.6 Å². The third kappa shape index (κ3) is 4.71. The zero-order chi connectivity index (χ0) is 15.9. The minimum absolute atomic E-state index is 0.0309. The Morgan fingerprint density at radius 3 is 2.64 bits per heavy atom. The standard InChI is InChI=1S/C16H12ClNO4/c17-14-7-4-13(5-8-14)11-22-16(19)9-6-12-2-1-3-15(10-12)18(20)21/h1-10H,11H2/b9-6+. The molecular formula is C16H12ClNO4. The van der Waals surface area contributed by atoms with Gasteiger partial charge in [0.25, 0.3) is 5.69 Å². The third-order valence-corrected chi connectivity index (χ3v) is 3.04. The number of benzene rings is 2. The van der Waals surface area contributed by atoms with Crippen molar-refractivity contribution in [1.29, 1.82) is 0 Å². The number of ether oxygens (including phenoxy) is 1. The predicted octanol–water partition coefficient (Wildman–Crippen LogP) is 4.00. The van der Waals surface area contributed by atoms with Crippen molar-refractivity contribution in [3.8, 4) is 0 Å². The summed E-state index contributed by atoms with van der Waals surface area (Å²) in [5.74, 6) is -0.526. The number of rotatable bonds is 5. The maximum atomic E-state index is 11.6. The Balaban J connectivity index is 1.92. The molecule has 0 saturated carbocycles. The highest BCUT2D eigenvalue weighted by Crippen LogP contribution is 2.14. The van der Waals surface area contributed by atoms with E-state index in [-0.39, 0.29) is 12.3 Å². The number of non-ortho nitro benzene ring substituents is 1. The normalized spacial score (nSPS) is 10.6. The average Bonchev–Trinajstić information content (AvgIpc) is 2.52. The fourth-order valence-corrected chi connectivity index (χ4v) is 1.82. The monoisotopic (exact) mass is 317 g/mol. The van der Waals surface area contributed by atoms with Gasteiger partial charge in [0.05, 0.1) is 4.92 Å². The number of hydrogen-bond acceptors (Lipinski definition) is 4. The second-order valence-corrected chi connectivity index (χ2v) is 4.86. The Bertz CT molecular complexity index is 710. The predicted molar refractivity (Wildman–Crippen MR) is 83.4 cm³/mol. The summed E-state index contributed by atoms with van der Waals surface area (Å²) in [6, 6.07) is 12.9. The average molecular weight is 318 g/mol. The summed E-state index contributed by atoms with van der Waals surface area (Å²) >= 11 is 5.76. The molecule has 22 heavy (non-hydrogen) atoms. The van der Waals surface area contributed by atoms with Crippen molar-refractivity contribution in [2.24, 2.45) is 0 Å². The van der Waals surface area contributed by atoms with Gasteiger partial charge in [0.15, 0.2) is 0 Å². The van der Waals surface area contributed by atoms with Crippen molar-refractivity contribution in [1.82, 2.24) is 0 Å². The molecule has 0 aromatic heterocycles. The smallest absolute Gasteiger partial charge is 0.331 e. The Labute approximate surface area is 131 Å². The molecule has 0 unspecified atom stereocenters. The van der Waals surface area contributed by atoms with E-state index in [9.17, 15) is 14.9 Å². The molecule has 0 heterocycles. The largest absolute Gasteiger partial charge is 0.458 e. The van der Waals surface area contributed by atoms with Crippen LogP contribution < -0.4 is 0 Å². The van der Waals surface area contributed by atoms with Crippen molar-refractivity contribution in [3.63, 3.8) is 0 Å². The Hall–Kier alpha value is -2.66. The van der Waals surface area contributed by atoms with Crippen molar-refractivity contribution in [2.45, 2.75) is 6.61 Å². The molecule has 2 aromatic rings. The highest BCUT2D eigenvalue weighted by atomic mass is 35.5. The minimum atomic E-state index is -0.526. The minimum Gasteiger partial charge on any atom is -0.458 e. The van der Waals surface area contributed by atoms with Crippen molar-refractivity contribution in [2.75, 3.05) is 0 Å². The molecule has 6 heteroatoms. The highest BCUT2D eigenvalue weighted by Gasteiger charge is 2.04. The van der Waals surface area contributed by atoms with Gasteiger partial charge in [0.1, 0.15) is 6.61 Å². The molecule has 0 N–H and O–H groups in total. The summed E-state index contributed by atoms with van der Waals surface area (Å²) in [5, 5.41) is 11.3. The topological polar surface area (TPSA) is 69.4 Å². The summed E-state index contributed by atoms with van der Waals surface area (Å²) in [6.07, 6.45) is 2.70. The van der Waals surface area contributed by atoms with Gasteiger partial charge in [0.2, 0.25) is 0 Å². The molecule has 0 bridgehead atoms. The zero-order valence-corrected chi connectivity index (χ0v) is 12.2. The lowest BCUT2D eigenvalue weighted by Crippen LogP contribution is -2.00. The lowest BCUT2D eigenvalue weighted by molar-refractivity contribution is -0.384. The van der Waals surface area contributed by atoms with Crippen LogP contribution in [-0.4, -0.2) is 10.9 Å². The summed E-state index contributed by atoms with van der Waals surface area (Å²) in [6.45, 7) is 0.134. The quantitative estimate of drug-likeness (QED) is 0.361. The molecule has 0 aliphatic rings. The van der Waals surface area contributed by atoms with E-state index in [1.54, 1.807) is 36.4 Å². The molecule has 0 radical (unpaired) electrons. The van der Waals surface area contributed by atoms with Gasteiger partial charge in [-0.2, -0.15) is 0 Å². The van der Waals surface area contributed by atoms with Gasteiger partial charge >= 0.3 is 5.97 Å². The van der Waals surface area contributed by atoms with Crippen LogP contribution in [0.5, 0.6) is 0 Å². The molecule has 0 saturated heterocycles. The number of nitro groups is 1. The summed E-state index contributed by atoms with van der Waals surface area (Å²) in [5.41, 5.74) is 1.34. The maximum Gasteiger partial charge on any atom is 0.331 e. The van der Waals surface area contributed by atoms with Crippen molar-refractivity contribution in [3.05, 3.63) is 80.9 Å². The van der Waals surface area contributed by atoms with Crippen molar-refractivity contribution >= 4 is 29.3 Å². The molecule has 112 valence electrons. The van der Waals surface area contributed by atoms with Crippen LogP contribution in [0.4, 0.5) is 5.69 Å². The van der Waals surface area contributed by atoms with E-state index in [4.69, 9.17) is 16.3 Å². The van der Waals surface area contributed by atoms with Crippen LogP contribution in [0.2, 0.25) is 5.02 Å². The second-order valence-electron chi connectivity index (χ2n) is 4.42. The Kier molecular flexibility index (Phi) is 5.27. The van der Waals surface area contributed by atoms with E-state index < -0.39 is 10.9 Å². The lowest BCUT2D eigenvalue weighted by atomic mass is 10.2. The van der Waals surface area contributed by atoms with E-state index in [0.29, 0.717) is 10.6 Å². The fourth-order valence-electron chi connectivity index (χ4n) is 1.69. The molecule has 5 nitrogen and oxygen atoms in total. The van der Waals surface area contributed by atoms with Crippen LogP contribution in [0.3, 0.4) is 0 Å². The SMILES string of the molecule is O=C(/C=C/c1cccc([N+](=O)[O-])c1)OCc1ccc(Cl)cc1. The molecule has 0 aliphatic carbocycles. The van der Waals surface area contributed by atoms with E-state index in [2.05, 4.69) is 0 Å². The Morgan fingerprint density at radius 2 is 1.95 bits per heavy atom. The molecule has 0 amide bonds. The fraction of sp³-hybridized carbons (Fsp3) is 0.0625. The number of carbonyl (C=O) groups is 1. The molecular weight excluding hydrogens is 306 g/mol. The first kappa shape index (κ1) is 15.7. The first-order chi connectivity index (χ1) is 10.5. The molecule has 0 atom stereocenters. The van der Waals surface area contributed by atoms with Gasteiger partial charge in [0, 0.05) is 23.2 Å². The van der Waals surface area contributed by atoms with Crippen molar-refractivity contribution < 1.29 is 14.5 Å².